The highest BCUT2D eigenvalue weighted by Gasteiger charge is 2.14. The molecule has 8 rings (SSSR count). The molecule has 370 valence electrons. The maximum atomic E-state index is 11.7. The third-order valence-corrected chi connectivity index (χ3v) is 10.9. The molecule has 0 aliphatic carbocycles. The number of ketones is 1. The minimum atomic E-state index is -1.14. The number of Topliss-reactive ketones (excluding diaryl/α,β-unsaturated/α-hetero) is 1. The Morgan fingerprint density at radius 2 is 0.803 bits per heavy atom. The number of carboxylic acids is 2. The first-order valence-electron chi connectivity index (χ1n) is 21.6. The van der Waals surface area contributed by atoms with Crippen LogP contribution in [0.15, 0.2) is 121 Å². The van der Waals surface area contributed by atoms with Gasteiger partial charge in [-0.2, -0.15) is 0 Å². The molecule has 0 bridgehead atoms. The molecule has 71 heavy (non-hydrogen) atoms. The third kappa shape index (κ3) is 13.8. The van der Waals surface area contributed by atoms with Crippen LogP contribution < -0.4 is 43.6 Å². The molecule has 0 spiro atoms. The van der Waals surface area contributed by atoms with Crippen LogP contribution >= 0.6 is 0 Å². The van der Waals surface area contributed by atoms with E-state index in [2.05, 4.69) is 0 Å². The quantitative estimate of drug-likeness (QED) is 0.0285. The zero-order valence-electron chi connectivity index (χ0n) is 40.4. The first kappa shape index (κ1) is 53.0. The third-order valence-electron chi connectivity index (χ3n) is 10.9. The number of nitro groups is 1. The summed E-state index contributed by atoms with van der Waals surface area (Å²) in [6, 6.07) is 36.1. The minimum Gasteiger partial charge on any atom is -0.493 e. The largest absolute Gasteiger partial charge is 0.493 e. The van der Waals surface area contributed by atoms with Crippen molar-refractivity contribution < 1.29 is 67.4 Å². The predicted octanol–water partition coefficient (Wildman–Crippen LogP) is 10.6. The van der Waals surface area contributed by atoms with Crippen molar-refractivity contribution in [3.05, 3.63) is 143 Å². The summed E-state index contributed by atoms with van der Waals surface area (Å²) < 4.78 is 41.7. The van der Waals surface area contributed by atoms with E-state index < -0.39 is 29.1 Å². The maximum Gasteiger partial charge on any atom is 0.311 e. The van der Waals surface area contributed by atoms with Crippen LogP contribution in [0.1, 0.15) is 28.8 Å². The van der Waals surface area contributed by atoms with Crippen molar-refractivity contribution in [2.45, 2.75) is 19.3 Å². The number of nitro benzene ring substituents is 1. The van der Waals surface area contributed by atoms with Crippen molar-refractivity contribution in [3.8, 4) is 46.0 Å². The van der Waals surface area contributed by atoms with Gasteiger partial charge in [0.2, 0.25) is 0 Å². The lowest BCUT2D eigenvalue weighted by molar-refractivity contribution is -0.384. The van der Waals surface area contributed by atoms with E-state index in [0.29, 0.717) is 46.5 Å². The second kappa shape index (κ2) is 24.9. The molecule has 8 aromatic rings. The number of hydrogen-bond donors (Lipinski definition) is 3. The fourth-order valence-corrected chi connectivity index (χ4v) is 7.29. The molecule has 4 N–H and O–H groups in total. The fourth-order valence-electron chi connectivity index (χ4n) is 7.29. The van der Waals surface area contributed by atoms with Crippen LogP contribution in [0.3, 0.4) is 0 Å². The number of methoxy groups -OCH3 is 8. The van der Waals surface area contributed by atoms with E-state index in [1.54, 1.807) is 91.2 Å². The second-order valence-electron chi connectivity index (χ2n) is 15.4. The Morgan fingerprint density at radius 3 is 1.20 bits per heavy atom. The topological polar surface area (TPSA) is 235 Å². The summed E-state index contributed by atoms with van der Waals surface area (Å²) in [4.78, 5) is 43.1. The second-order valence-corrected chi connectivity index (χ2v) is 15.4. The van der Waals surface area contributed by atoms with Crippen LogP contribution in [0.5, 0.6) is 46.0 Å². The molecular weight excluding hydrogens is 917 g/mol. The summed E-state index contributed by atoms with van der Waals surface area (Å²) in [5.74, 6) is 2.79. The van der Waals surface area contributed by atoms with Gasteiger partial charge in [0.05, 0.1) is 61.8 Å². The number of nitrogens with zero attached hydrogens (tertiary/aromatic N) is 1. The molecule has 0 saturated carbocycles. The van der Waals surface area contributed by atoms with Gasteiger partial charge in [0.25, 0.3) is 5.69 Å². The van der Waals surface area contributed by atoms with Crippen molar-refractivity contribution in [1.29, 1.82) is 0 Å². The van der Waals surface area contributed by atoms with Gasteiger partial charge in [-0.05, 0) is 128 Å². The number of carbonyl (C=O) groups is 3. The number of fused-ring (bicyclic) bond motifs is 4. The van der Waals surface area contributed by atoms with Gasteiger partial charge >= 0.3 is 11.9 Å². The van der Waals surface area contributed by atoms with Crippen molar-refractivity contribution in [3.63, 3.8) is 0 Å². The number of carboxylic acid groups (broad SMARTS) is 2. The SMILES string of the molecule is COc1cc2ccc(C(=O)CC(=O)O)cc2cc1OC.COc1cc2ccc(CCC(=O)O)cc2cc1OC.COc1cc2ccc(N)cc2cc1OC.COc1cc2ccc([N+](=O)[O-])cc2cc1OC. The highest BCUT2D eigenvalue weighted by molar-refractivity contribution is 6.07. The highest BCUT2D eigenvalue weighted by atomic mass is 16.6. The molecule has 0 atom stereocenters. The van der Waals surface area contributed by atoms with Crippen molar-refractivity contribution in [1.82, 2.24) is 0 Å². The molecular formula is C54H54N2O15. The molecule has 17 heteroatoms. The van der Waals surface area contributed by atoms with Crippen molar-refractivity contribution in [2.24, 2.45) is 0 Å². The van der Waals surface area contributed by atoms with Crippen LogP contribution in [0, 0.1) is 10.1 Å². The van der Waals surface area contributed by atoms with Gasteiger partial charge in [0.15, 0.2) is 51.8 Å². The van der Waals surface area contributed by atoms with Crippen LogP contribution in [-0.4, -0.2) is 89.7 Å². The summed E-state index contributed by atoms with van der Waals surface area (Å²) in [5.41, 5.74) is 7.89. The van der Waals surface area contributed by atoms with Crippen molar-refractivity contribution >= 4 is 72.2 Å². The Balaban J connectivity index is 0.000000177. The molecule has 0 aliphatic heterocycles. The number of anilines is 1. The van der Waals surface area contributed by atoms with Crippen molar-refractivity contribution in [2.75, 3.05) is 62.6 Å². The molecule has 0 heterocycles. The summed E-state index contributed by atoms with van der Waals surface area (Å²) >= 11 is 0. The van der Waals surface area contributed by atoms with Gasteiger partial charge in [-0.15, -0.1) is 0 Å². The fraction of sp³-hybridized carbons (Fsp3) is 0.204. The van der Waals surface area contributed by atoms with Crippen LogP contribution in [0.4, 0.5) is 11.4 Å². The number of ether oxygens (including phenoxy) is 8. The number of non-ortho nitro benzene ring substituents is 1. The Kier molecular flexibility index (Phi) is 18.5. The van der Waals surface area contributed by atoms with E-state index in [0.717, 1.165) is 65.8 Å². The normalized spacial score (nSPS) is 10.3. The number of aryl methyl sites for hydroxylation is 1. The summed E-state index contributed by atoms with van der Waals surface area (Å²) in [5, 5.41) is 35.5. The molecule has 0 fully saturated rings. The number of nitrogen functional groups attached to an aromatic ring is 1. The van der Waals surface area contributed by atoms with E-state index in [9.17, 15) is 24.5 Å². The summed E-state index contributed by atoms with van der Waals surface area (Å²) in [6.07, 6.45) is 0.150. The van der Waals surface area contributed by atoms with Crippen LogP contribution in [-0.2, 0) is 16.0 Å². The first-order chi connectivity index (χ1) is 34.1. The molecule has 0 unspecified atom stereocenters. The Labute approximate surface area is 408 Å². The van der Waals surface area contributed by atoms with Gasteiger partial charge < -0.3 is 53.8 Å². The smallest absolute Gasteiger partial charge is 0.311 e. The van der Waals surface area contributed by atoms with E-state index in [1.807, 2.05) is 60.7 Å². The molecule has 0 saturated heterocycles. The van der Waals surface area contributed by atoms with Crippen LogP contribution in [0.2, 0.25) is 0 Å². The van der Waals surface area contributed by atoms with E-state index in [1.165, 1.54) is 26.4 Å². The summed E-state index contributed by atoms with van der Waals surface area (Å²) in [6.45, 7) is 0. The van der Waals surface area contributed by atoms with E-state index >= 15 is 0 Å². The average Bonchev–Trinajstić information content (AvgIpc) is 3.38. The van der Waals surface area contributed by atoms with E-state index in [-0.39, 0.29) is 12.1 Å². The molecule has 8 aromatic carbocycles. The van der Waals surface area contributed by atoms with Gasteiger partial charge in [-0.3, -0.25) is 24.5 Å². The lowest BCUT2D eigenvalue weighted by atomic mass is 10.0. The predicted molar refractivity (Wildman–Crippen MR) is 272 cm³/mol. The Hall–Kier alpha value is -8.99. The number of nitrogens with two attached hydrogens (primary N) is 1. The van der Waals surface area contributed by atoms with Gasteiger partial charge in [-0.1, -0.05) is 36.4 Å². The lowest BCUT2D eigenvalue weighted by Crippen LogP contribution is -2.06. The monoisotopic (exact) mass is 970 g/mol. The average molecular weight is 971 g/mol. The lowest BCUT2D eigenvalue weighted by Gasteiger charge is -2.10. The van der Waals surface area contributed by atoms with Gasteiger partial charge in [-0.25, -0.2) is 0 Å². The zero-order chi connectivity index (χ0) is 51.8. The molecule has 0 aromatic heterocycles. The number of aliphatic carboxylic acids is 2. The zero-order valence-corrected chi connectivity index (χ0v) is 40.4. The highest BCUT2D eigenvalue weighted by Crippen LogP contribution is 2.36. The molecule has 0 radical (unpaired) electrons. The number of rotatable bonds is 15. The molecule has 0 amide bonds. The number of hydrogen-bond acceptors (Lipinski definition) is 14. The van der Waals surface area contributed by atoms with Crippen LogP contribution in [0.25, 0.3) is 43.1 Å². The Bertz CT molecular complexity index is 3210. The number of benzene rings is 8. The van der Waals surface area contributed by atoms with Gasteiger partial charge in [0.1, 0.15) is 6.42 Å². The molecule has 0 aliphatic rings. The first-order valence-corrected chi connectivity index (χ1v) is 21.6. The number of carbonyl (C=O) groups excluding carboxylic acids is 1. The minimum absolute atomic E-state index is 0.0599. The summed E-state index contributed by atoms with van der Waals surface area (Å²) in [7, 11) is 12.6. The van der Waals surface area contributed by atoms with E-state index in [4.69, 9.17) is 53.8 Å². The Morgan fingerprint density at radius 1 is 0.451 bits per heavy atom. The van der Waals surface area contributed by atoms with Gasteiger partial charge in [0, 0.05) is 29.8 Å². The molecule has 17 nitrogen and oxygen atoms in total. The standard InChI is InChI=1S/C15H14O5.C15H16O4.C12H11NO4.C12H13NO2/c1-19-13-6-9-3-4-10(12(16)8-15(17)18)5-11(9)7-14(13)20-2;1-18-13-8-11-5-3-10(4-6-15(16)17)7-12(11)9-14(13)19-2;1-16-11-6-8-3-4-10(13(14)15)5-9(8)7-12(11)17-2;1-14-11-6-8-3-4-10(13)5-9(8)7-12(11)15-2/h3-7H,8H2,1-2H3,(H,17,18);3,5,7-9H,4,6H2,1-2H3,(H,16,17);3-7H,1-2H3;3-7H,13H2,1-2H3. The maximum absolute atomic E-state index is 11.7.